The summed E-state index contributed by atoms with van der Waals surface area (Å²) in [7, 11) is 0. The van der Waals surface area contributed by atoms with Crippen LogP contribution in [-0.2, 0) is 9.53 Å². The maximum atomic E-state index is 13.3. The number of para-hydroxylation sites is 1. The third-order valence-electron chi connectivity index (χ3n) is 4.38. The number of hydrogen-bond donors (Lipinski definition) is 0. The van der Waals surface area contributed by atoms with E-state index in [1.54, 1.807) is 17.0 Å². The number of amides is 1. The second-order valence-corrected chi connectivity index (χ2v) is 7.36. The molecule has 0 radical (unpaired) electrons. The van der Waals surface area contributed by atoms with Crippen LogP contribution in [0.3, 0.4) is 0 Å². The van der Waals surface area contributed by atoms with Crippen LogP contribution in [0.2, 0.25) is 0 Å². The van der Waals surface area contributed by atoms with Crippen LogP contribution >= 0.6 is 11.3 Å². The van der Waals surface area contributed by atoms with E-state index in [0.717, 1.165) is 23.1 Å². The minimum atomic E-state index is -0.401. The van der Waals surface area contributed by atoms with Crippen LogP contribution in [0, 0.1) is 5.82 Å². The van der Waals surface area contributed by atoms with Crippen molar-refractivity contribution < 1.29 is 18.7 Å². The van der Waals surface area contributed by atoms with Crippen molar-refractivity contribution >= 4 is 32.6 Å². The molecule has 0 saturated carbocycles. The Morgan fingerprint density at radius 2 is 2.19 bits per heavy atom. The Hall–Kier alpha value is -2.51. The SMILES string of the molecule is O=C(COc1cccc(F)c1)N(C[C@H]1CCCO1)c1nc2ccccc2s1. The number of rotatable bonds is 6. The highest BCUT2D eigenvalue weighted by molar-refractivity contribution is 7.22. The highest BCUT2D eigenvalue weighted by atomic mass is 32.1. The quantitative estimate of drug-likeness (QED) is 0.642. The number of benzene rings is 2. The van der Waals surface area contributed by atoms with Gasteiger partial charge in [-0.3, -0.25) is 9.69 Å². The molecule has 7 heteroatoms. The molecule has 1 amide bonds. The number of ether oxygens (including phenoxy) is 2. The smallest absolute Gasteiger partial charge is 0.266 e. The summed E-state index contributed by atoms with van der Waals surface area (Å²) in [6.45, 7) is 0.962. The lowest BCUT2D eigenvalue weighted by atomic mass is 10.2. The molecule has 27 heavy (non-hydrogen) atoms. The molecule has 1 aliphatic heterocycles. The Bertz CT molecular complexity index is 907. The Morgan fingerprint density at radius 3 is 2.96 bits per heavy atom. The van der Waals surface area contributed by atoms with Crippen molar-refractivity contribution in [2.24, 2.45) is 0 Å². The molecule has 0 aliphatic carbocycles. The predicted octanol–water partition coefficient (Wildman–Crippen LogP) is 4.03. The lowest BCUT2D eigenvalue weighted by Crippen LogP contribution is -2.40. The summed E-state index contributed by atoms with van der Waals surface area (Å²) in [4.78, 5) is 19.1. The van der Waals surface area contributed by atoms with Crippen molar-refractivity contribution in [1.82, 2.24) is 4.98 Å². The van der Waals surface area contributed by atoms with Gasteiger partial charge in [-0.1, -0.05) is 29.5 Å². The second kappa shape index (κ2) is 8.02. The van der Waals surface area contributed by atoms with Gasteiger partial charge in [0.1, 0.15) is 11.6 Å². The van der Waals surface area contributed by atoms with Crippen LogP contribution in [0.25, 0.3) is 10.2 Å². The maximum Gasteiger partial charge on any atom is 0.266 e. The zero-order valence-electron chi connectivity index (χ0n) is 14.6. The first kappa shape index (κ1) is 17.9. The van der Waals surface area contributed by atoms with Gasteiger partial charge < -0.3 is 9.47 Å². The monoisotopic (exact) mass is 386 g/mol. The van der Waals surface area contributed by atoms with Gasteiger partial charge in [0.05, 0.1) is 22.9 Å². The van der Waals surface area contributed by atoms with E-state index in [9.17, 15) is 9.18 Å². The largest absolute Gasteiger partial charge is 0.484 e. The fourth-order valence-corrected chi connectivity index (χ4v) is 4.03. The fourth-order valence-electron chi connectivity index (χ4n) is 3.03. The summed E-state index contributed by atoms with van der Waals surface area (Å²) in [6, 6.07) is 13.5. The van der Waals surface area contributed by atoms with Crippen molar-refractivity contribution in [1.29, 1.82) is 0 Å². The Labute approximate surface area is 160 Å². The molecule has 1 fully saturated rings. The molecular weight excluding hydrogens is 367 g/mol. The predicted molar refractivity (Wildman–Crippen MR) is 103 cm³/mol. The third-order valence-corrected chi connectivity index (χ3v) is 5.44. The fraction of sp³-hybridized carbons (Fsp3) is 0.300. The number of thiazole rings is 1. The second-order valence-electron chi connectivity index (χ2n) is 6.35. The third kappa shape index (κ3) is 4.26. The average molecular weight is 386 g/mol. The van der Waals surface area contributed by atoms with Gasteiger partial charge >= 0.3 is 0 Å². The van der Waals surface area contributed by atoms with Crippen molar-refractivity contribution in [3.63, 3.8) is 0 Å². The van der Waals surface area contributed by atoms with Gasteiger partial charge in [0.15, 0.2) is 11.7 Å². The molecule has 4 rings (SSSR count). The van der Waals surface area contributed by atoms with Crippen molar-refractivity contribution in [2.45, 2.75) is 18.9 Å². The highest BCUT2D eigenvalue weighted by Crippen LogP contribution is 2.30. The van der Waals surface area contributed by atoms with E-state index >= 15 is 0 Å². The van der Waals surface area contributed by atoms with Gasteiger partial charge in [-0.2, -0.15) is 0 Å². The van der Waals surface area contributed by atoms with E-state index in [1.807, 2.05) is 24.3 Å². The van der Waals surface area contributed by atoms with Crippen molar-refractivity contribution in [2.75, 3.05) is 24.7 Å². The molecular formula is C20H19FN2O3S. The summed E-state index contributed by atoms with van der Waals surface area (Å²) >= 11 is 1.46. The first-order chi connectivity index (χ1) is 13.2. The summed E-state index contributed by atoms with van der Waals surface area (Å²) in [5.74, 6) is -0.305. The molecule has 3 aromatic rings. The summed E-state index contributed by atoms with van der Waals surface area (Å²) < 4.78 is 25.5. The number of aromatic nitrogens is 1. The Balaban J connectivity index is 1.53. The van der Waals surface area contributed by atoms with Crippen LogP contribution in [-0.4, -0.2) is 36.8 Å². The van der Waals surface area contributed by atoms with Crippen LogP contribution in [0.4, 0.5) is 9.52 Å². The molecule has 140 valence electrons. The number of nitrogens with zero attached hydrogens (tertiary/aromatic N) is 2. The van der Waals surface area contributed by atoms with Gasteiger partial charge in [-0.05, 0) is 37.1 Å². The summed E-state index contributed by atoms with van der Waals surface area (Å²) in [5.41, 5.74) is 0.855. The number of hydrogen-bond acceptors (Lipinski definition) is 5. The average Bonchev–Trinajstić information content (AvgIpc) is 3.33. The molecule has 0 spiro atoms. The first-order valence-corrected chi connectivity index (χ1v) is 9.66. The van der Waals surface area contributed by atoms with Gasteiger partial charge in [-0.25, -0.2) is 9.37 Å². The Morgan fingerprint density at radius 1 is 1.30 bits per heavy atom. The molecule has 0 N–H and O–H groups in total. The van der Waals surface area contributed by atoms with E-state index < -0.39 is 5.82 Å². The molecule has 5 nitrogen and oxygen atoms in total. The number of anilines is 1. The standard InChI is InChI=1S/C20H19FN2O3S/c21-14-5-3-6-15(11-14)26-13-19(24)23(12-16-7-4-10-25-16)20-22-17-8-1-2-9-18(17)27-20/h1-3,5-6,8-9,11,16H,4,7,10,12-13H2/t16-/m1/s1. The normalized spacial score (nSPS) is 16.6. The van der Waals surface area contributed by atoms with Crippen LogP contribution < -0.4 is 9.64 Å². The molecule has 0 unspecified atom stereocenters. The molecule has 1 atom stereocenters. The van der Waals surface area contributed by atoms with Crippen molar-refractivity contribution in [3.8, 4) is 5.75 Å². The number of halogens is 1. The number of carbonyl (C=O) groups is 1. The molecule has 0 bridgehead atoms. The lowest BCUT2D eigenvalue weighted by molar-refractivity contribution is -0.120. The van der Waals surface area contributed by atoms with E-state index in [-0.39, 0.29) is 18.6 Å². The van der Waals surface area contributed by atoms with Gasteiger partial charge in [0.2, 0.25) is 0 Å². The molecule has 1 aromatic heterocycles. The van der Waals surface area contributed by atoms with Crippen LogP contribution in [0.15, 0.2) is 48.5 Å². The van der Waals surface area contributed by atoms with E-state index in [1.165, 1.54) is 23.5 Å². The van der Waals surface area contributed by atoms with Gasteiger partial charge in [0.25, 0.3) is 5.91 Å². The Kier molecular flexibility index (Phi) is 5.31. The maximum absolute atomic E-state index is 13.3. The van der Waals surface area contributed by atoms with Gasteiger partial charge in [0, 0.05) is 12.7 Å². The molecule has 1 aliphatic rings. The zero-order valence-corrected chi connectivity index (χ0v) is 15.5. The zero-order chi connectivity index (χ0) is 18.6. The first-order valence-electron chi connectivity index (χ1n) is 8.85. The number of fused-ring (bicyclic) bond motifs is 1. The van der Waals surface area contributed by atoms with Crippen LogP contribution in [0.1, 0.15) is 12.8 Å². The summed E-state index contributed by atoms with van der Waals surface area (Å²) in [6.07, 6.45) is 1.90. The highest BCUT2D eigenvalue weighted by Gasteiger charge is 2.26. The van der Waals surface area contributed by atoms with E-state index in [4.69, 9.17) is 9.47 Å². The molecule has 1 saturated heterocycles. The lowest BCUT2D eigenvalue weighted by Gasteiger charge is -2.23. The minimum Gasteiger partial charge on any atom is -0.484 e. The topological polar surface area (TPSA) is 51.7 Å². The summed E-state index contributed by atoms with van der Waals surface area (Å²) in [5, 5.41) is 0.625. The van der Waals surface area contributed by atoms with Crippen LogP contribution in [0.5, 0.6) is 5.75 Å². The molecule has 2 aromatic carbocycles. The van der Waals surface area contributed by atoms with E-state index in [2.05, 4.69) is 4.98 Å². The van der Waals surface area contributed by atoms with E-state index in [0.29, 0.717) is 24.0 Å². The minimum absolute atomic E-state index is 0.00451. The molecule has 2 heterocycles. The van der Waals surface area contributed by atoms with Crippen molar-refractivity contribution in [3.05, 3.63) is 54.3 Å². The number of carbonyl (C=O) groups excluding carboxylic acids is 1. The van der Waals surface area contributed by atoms with Gasteiger partial charge in [-0.15, -0.1) is 0 Å².